The molecule has 46 heteroatoms. The summed E-state index contributed by atoms with van der Waals surface area (Å²) in [6, 6.07) is 29.7. The standard InChI is InChI=1S/C22H27N5O5S.C20H25N5O4S.C20H25N3O7S.C18H21N5O7S2/c1-22(2)9-12-4-3-5-15(20(12)32-22)16-8-17-19(27-16)21(25-11-24-17)26-14-6-13(18(28)7-14)10-31-33(23,29)30;1-29-15-4-2-3-14(10-15)19-24-18-16(22-11-23-20(18)25-19)8-12-7-13(17(26)9-12)5-6-30(21,27)28;1-27-17-7-12-4-2-3-5-15(12)20(17)30-19-9-18(22-11-23-19)29-14-6-13(16(24)8-14)10-28-31(21,25)26;1-10-3-2-4-13(5-10)31(25,26)18-22-15-16(23-18)20-9-21-17(15)30-12-6-11(14(24)7-12)8-29-32(19,27)28/h3-5,11,13-14,18,28H,6-10H2,1-2H3,(H2,23,29,30)(H,24,25,26);2-4,10-13,17,26H,5-9H2,1H3,(H2,21,27,28)(H,22,23,24,25);2-5,9,11,13-14,16-17,20,24H,6-8,10H2,1H3,(H2,21,25,26);2-5,9,11-12,14,24H,6-8H2,1H3,(H2,19,27,28)(H,20,21,22,23)/t13-,14+,18-;12-,13+,17-;13-,14+,16-,17+,20-;11-,12+,14-/m0000/s1. The normalized spacial score (nSPS) is 24.2. The largest absolute Gasteiger partial charge is 0.497 e. The van der Waals surface area contributed by atoms with Crippen molar-refractivity contribution in [2.75, 3.05) is 45.1 Å². The quantitative estimate of drug-likeness (QED) is 0.0323. The van der Waals surface area contributed by atoms with Crippen LogP contribution in [0.15, 0.2) is 137 Å². The Kier molecular flexibility index (Phi) is 28.1. The van der Waals surface area contributed by atoms with Crippen LogP contribution in [0.4, 0.5) is 11.5 Å². The first-order valence-corrected chi connectivity index (χ1v) is 47.9. The number of H-pyrrole nitrogens is 2. The fourth-order valence-corrected chi connectivity index (χ4v) is 19.8. The lowest BCUT2D eigenvalue weighted by atomic mass is 9.98. The Bertz CT molecular complexity index is 6240. The molecule has 0 saturated heterocycles. The Morgan fingerprint density at radius 2 is 1.21 bits per heavy atom. The zero-order chi connectivity index (χ0) is 89.8. The number of aromatic amines is 2. The number of primary sulfonamides is 1. The molecule has 17 rings (SSSR count). The van der Waals surface area contributed by atoms with Crippen LogP contribution in [-0.2, 0) is 93.7 Å². The molecule has 14 atom stereocenters. The third kappa shape index (κ3) is 23.4. The Balaban J connectivity index is 0.000000136. The van der Waals surface area contributed by atoms with E-state index in [0.29, 0.717) is 86.1 Å². The maximum atomic E-state index is 13.0. The molecule has 7 aliphatic rings. The van der Waals surface area contributed by atoms with E-state index in [2.05, 4.69) is 104 Å². The number of hydrogen-bond donors (Lipinski definition) is 11. The first-order chi connectivity index (χ1) is 59.7. The molecule has 126 heavy (non-hydrogen) atoms. The average molecular weight is 1840 g/mol. The second-order valence-electron chi connectivity index (χ2n) is 32.6. The van der Waals surface area contributed by atoms with Crippen LogP contribution in [0.25, 0.3) is 33.7 Å². The number of imidazole rings is 2. The summed E-state index contributed by atoms with van der Waals surface area (Å²) < 4.78 is 163. The number of aryl methyl sites for hydroxylation is 1. The second-order valence-corrected chi connectivity index (χ2v) is 39.9. The van der Waals surface area contributed by atoms with E-state index in [1.54, 1.807) is 39.3 Å². The summed E-state index contributed by atoms with van der Waals surface area (Å²) in [5, 5.41) is 63.7. The van der Waals surface area contributed by atoms with Crippen LogP contribution < -0.4 is 49.6 Å². The van der Waals surface area contributed by atoms with Crippen LogP contribution in [0.5, 0.6) is 29.1 Å². The number of aliphatic hydroxyl groups excluding tert-OH is 4. The highest BCUT2D eigenvalue weighted by Gasteiger charge is 2.42. The van der Waals surface area contributed by atoms with Crippen molar-refractivity contribution in [2.24, 2.45) is 55.1 Å². The number of ether oxygens (including phenoxy) is 6. The van der Waals surface area contributed by atoms with Gasteiger partial charge in [-0.1, -0.05) is 60.7 Å². The van der Waals surface area contributed by atoms with E-state index in [1.165, 1.54) is 48.6 Å². The Labute approximate surface area is 726 Å². The number of sulfonamides is 1. The van der Waals surface area contributed by atoms with Crippen molar-refractivity contribution in [3.05, 3.63) is 162 Å². The van der Waals surface area contributed by atoms with Crippen LogP contribution >= 0.6 is 0 Å². The highest BCUT2D eigenvalue weighted by molar-refractivity contribution is 7.91. The lowest BCUT2D eigenvalue weighted by Gasteiger charge is -2.20. The average Bonchev–Trinajstić information content (AvgIpc) is 1.61. The molecule has 676 valence electrons. The molecule has 15 N–H and O–H groups in total. The third-order valence-electron chi connectivity index (χ3n) is 22.8. The van der Waals surface area contributed by atoms with Gasteiger partial charge >= 0.3 is 30.9 Å². The molecule has 8 heterocycles. The lowest BCUT2D eigenvalue weighted by Crippen LogP contribution is -2.25. The molecule has 0 amide bonds. The van der Waals surface area contributed by atoms with Crippen LogP contribution in [0.2, 0.25) is 0 Å². The molecule has 10 aromatic rings. The number of methoxy groups -OCH3 is 2. The first-order valence-electron chi connectivity index (χ1n) is 40.3. The number of fused-ring (bicyclic) bond motifs is 5. The molecular formula is C80H98N18O23S5. The number of aliphatic imine (C=N–C) groups is 1. The lowest BCUT2D eigenvalue weighted by molar-refractivity contribution is 0.0107. The molecular weight excluding hydrogens is 1740 g/mol. The molecule has 0 radical (unpaired) electrons. The summed E-state index contributed by atoms with van der Waals surface area (Å²) >= 11 is 0. The van der Waals surface area contributed by atoms with Gasteiger partial charge in [0, 0.05) is 74.1 Å². The molecule has 0 unspecified atom stereocenters. The van der Waals surface area contributed by atoms with E-state index in [9.17, 15) is 62.5 Å². The third-order valence-corrected chi connectivity index (χ3v) is 26.6. The summed E-state index contributed by atoms with van der Waals surface area (Å²) in [5.41, 5.74) is 10.7. The van der Waals surface area contributed by atoms with Gasteiger partial charge in [0.15, 0.2) is 23.2 Å². The van der Waals surface area contributed by atoms with E-state index in [4.69, 9.17) is 54.0 Å². The summed E-state index contributed by atoms with van der Waals surface area (Å²) in [6.45, 7) is 5.31. The zero-order valence-electron chi connectivity index (χ0n) is 69.0. The minimum Gasteiger partial charge on any atom is -0.497 e. The van der Waals surface area contributed by atoms with Crippen molar-refractivity contribution < 1.29 is 103 Å². The maximum absolute atomic E-state index is 13.0. The molecule has 6 aromatic heterocycles. The summed E-state index contributed by atoms with van der Waals surface area (Å²) in [7, 11) is -16.4. The Morgan fingerprint density at radius 1 is 0.587 bits per heavy atom. The molecule has 2 aliphatic heterocycles. The van der Waals surface area contributed by atoms with Crippen molar-refractivity contribution in [2.45, 2.75) is 175 Å². The van der Waals surface area contributed by atoms with Gasteiger partial charge in [0.1, 0.15) is 83.3 Å². The molecule has 5 aliphatic carbocycles. The summed E-state index contributed by atoms with van der Waals surface area (Å²) in [4.78, 5) is 53.6. The summed E-state index contributed by atoms with van der Waals surface area (Å²) in [5.74, 6) is 2.39. The van der Waals surface area contributed by atoms with Crippen LogP contribution in [-0.4, -0.2) is 222 Å². The number of nitrogens with two attached hydrogens (primary N) is 4. The highest BCUT2D eigenvalue weighted by Crippen LogP contribution is 2.44. The number of nitrogens with zero attached hydrogens (tertiary/aromatic N) is 11. The number of rotatable bonds is 28. The number of nitrogens with one attached hydrogen (secondary N) is 3. The van der Waals surface area contributed by atoms with E-state index in [0.717, 1.165) is 75.6 Å². The maximum Gasteiger partial charge on any atom is 0.333 e. The van der Waals surface area contributed by atoms with Crippen LogP contribution in [0.1, 0.15) is 117 Å². The topological polar surface area (TPSA) is 624 Å². The molecule has 4 saturated carbocycles. The number of aliphatic hydroxyl groups is 4. The number of para-hydroxylation sites is 1. The van der Waals surface area contributed by atoms with Crippen molar-refractivity contribution in [3.8, 4) is 40.5 Å². The Hall–Kier alpha value is -10.1. The number of anilines is 1. The molecule has 41 nitrogen and oxygen atoms in total. The van der Waals surface area contributed by atoms with Gasteiger partial charge < -0.3 is 64.1 Å². The summed E-state index contributed by atoms with van der Waals surface area (Å²) in [6.07, 6.45) is 8.10. The number of sulfone groups is 1. The van der Waals surface area contributed by atoms with Crippen molar-refractivity contribution in [3.63, 3.8) is 0 Å². The SMILES string of the molecule is CC1(C)Cc2cccc(C3=Nc4c(ncnc4N[C@@H]4C[C@@H](COS(N)(=O)=O)[C@@H](O)C4)C3)c2O1.CO[C@@H]1Cc2ccccc2[C@@H]1Oc1cc(O[C@@H]2C[C@@H](COS(N)(=O)=O)[C@@H](O)C2)ncn1.COc1cccc(-c2nc3ncnc(C[C@@H]4C[C@@H](CCS(N)(=O)=O)[C@@H](O)C4)c3[nH]2)c1.Cc1cccc(S(=O)(=O)c2nc3ncnc(O[C@@H]4C[C@@H](COS(N)(=O)=O)[C@@H](O)C4)c3[nH]2)c1. The number of benzene rings is 4. The van der Waals surface area contributed by atoms with Crippen molar-refractivity contribution in [1.29, 1.82) is 0 Å². The van der Waals surface area contributed by atoms with E-state index < -0.39 is 93.1 Å². The minimum absolute atomic E-state index is 0.0680. The monoisotopic (exact) mass is 1840 g/mol. The van der Waals surface area contributed by atoms with Gasteiger partial charge in [-0.05, 0) is 137 Å². The fraction of sp³-hybridized carbons (Fsp3) is 0.463. The Morgan fingerprint density at radius 3 is 1.89 bits per heavy atom. The van der Waals surface area contributed by atoms with Crippen molar-refractivity contribution >= 4 is 90.3 Å². The number of aromatic nitrogens is 12. The first kappa shape index (κ1) is 92.1. The van der Waals surface area contributed by atoms with E-state index in [1.807, 2.05) is 54.6 Å². The van der Waals surface area contributed by atoms with Gasteiger partial charge in [-0.2, -0.15) is 35.2 Å². The highest BCUT2D eigenvalue weighted by atomic mass is 32.2. The second kappa shape index (κ2) is 38.4. The van der Waals surface area contributed by atoms with Crippen molar-refractivity contribution in [1.82, 2.24) is 59.8 Å². The predicted octanol–water partition coefficient (Wildman–Crippen LogP) is 4.41. The van der Waals surface area contributed by atoms with Gasteiger partial charge in [-0.3, -0.25) is 12.5 Å². The molecule has 0 spiro atoms. The predicted molar refractivity (Wildman–Crippen MR) is 453 cm³/mol. The van der Waals surface area contributed by atoms with E-state index >= 15 is 0 Å². The van der Waals surface area contributed by atoms with E-state index in [-0.39, 0.29) is 113 Å². The van der Waals surface area contributed by atoms with Gasteiger partial charge in [-0.25, -0.2) is 82.3 Å². The zero-order valence-corrected chi connectivity index (χ0v) is 73.0. The fourth-order valence-electron chi connectivity index (χ4n) is 16.8. The van der Waals surface area contributed by atoms with Crippen LogP contribution in [0, 0.1) is 36.5 Å². The smallest absolute Gasteiger partial charge is 0.333 e. The van der Waals surface area contributed by atoms with Gasteiger partial charge in [0.2, 0.25) is 42.7 Å². The number of hydrogen-bond acceptors (Lipinski definition) is 35. The van der Waals surface area contributed by atoms with Gasteiger partial charge in [0.25, 0.3) is 0 Å². The van der Waals surface area contributed by atoms with Crippen LogP contribution in [0.3, 0.4) is 0 Å². The van der Waals surface area contributed by atoms with Gasteiger partial charge in [0.05, 0.1) is 85.2 Å². The van der Waals surface area contributed by atoms with Gasteiger partial charge in [-0.15, -0.1) is 0 Å². The molecule has 4 aromatic carbocycles. The molecule has 4 fully saturated rings. The molecule has 0 bridgehead atoms. The minimum atomic E-state index is -4.12.